The Bertz CT molecular complexity index is 88.5. The molecule has 2 nitrogen and oxygen atoms in total. The number of rotatable bonds is 2. The Morgan fingerprint density at radius 1 is 1.88 bits per heavy atom. The Kier molecular flexibility index (Phi) is 3.28. The summed E-state index contributed by atoms with van der Waals surface area (Å²) in [6.45, 7) is 3.70. The van der Waals surface area contributed by atoms with E-state index in [9.17, 15) is 0 Å². The van der Waals surface area contributed by atoms with Crippen LogP contribution in [0, 0.1) is 0 Å². The van der Waals surface area contributed by atoms with Crippen molar-refractivity contribution in [2.24, 2.45) is 5.73 Å². The fraction of sp³-hybridized carbons (Fsp3) is 0.667. The summed E-state index contributed by atoms with van der Waals surface area (Å²) < 4.78 is 0. The molecule has 0 spiro atoms. The molecule has 0 heterocycles. The van der Waals surface area contributed by atoms with Crippen molar-refractivity contribution in [3.8, 4) is 0 Å². The van der Waals surface area contributed by atoms with E-state index in [1.165, 1.54) is 0 Å². The molecule has 8 heavy (non-hydrogen) atoms. The second kappa shape index (κ2) is 3.50. The van der Waals surface area contributed by atoms with Crippen molar-refractivity contribution >= 4 is 0 Å². The van der Waals surface area contributed by atoms with Crippen molar-refractivity contribution in [2.45, 2.75) is 26.4 Å². The highest BCUT2D eigenvalue weighted by Gasteiger charge is 1.99. The molecule has 0 radical (unpaired) electrons. The molecule has 0 rings (SSSR count). The molecule has 48 valence electrons. The Hall–Kier alpha value is -0.500. The minimum Gasteiger partial charge on any atom is -0.400 e. The number of hydrogen-bond donors (Lipinski definition) is 2. The van der Waals surface area contributed by atoms with Crippen LogP contribution in [0.2, 0.25) is 0 Å². The van der Waals surface area contributed by atoms with E-state index in [4.69, 9.17) is 10.8 Å². The zero-order valence-electron chi connectivity index (χ0n) is 5.39. The molecule has 1 atom stereocenters. The third kappa shape index (κ3) is 1.98. The Balaban J connectivity index is 3.63. The zero-order chi connectivity index (χ0) is 6.57. The van der Waals surface area contributed by atoms with Gasteiger partial charge in [-0.2, -0.15) is 0 Å². The molecule has 0 amide bonds. The largest absolute Gasteiger partial charge is 0.400 e. The second-order valence-corrected chi connectivity index (χ2v) is 1.71. The quantitative estimate of drug-likeness (QED) is 0.554. The lowest BCUT2D eigenvalue weighted by atomic mass is 10.2. The van der Waals surface area contributed by atoms with Gasteiger partial charge in [0.25, 0.3) is 0 Å². The highest BCUT2D eigenvalue weighted by molar-refractivity contribution is 4.99. The van der Waals surface area contributed by atoms with Crippen LogP contribution in [-0.2, 0) is 0 Å². The number of nitrogens with two attached hydrogens (primary N) is 1. The van der Waals surface area contributed by atoms with Crippen LogP contribution in [0.4, 0.5) is 0 Å². The van der Waals surface area contributed by atoms with E-state index in [1.54, 1.807) is 6.08 Å². The third-order valence-corrected chi connectivity index (χ3v) is 1.10. The van der Waals surface area contributed by atoms with Gasteiger partial charge in [0.1, 0.15) is 0 Å². The minimum atomic E-state index is -0.444. The number of hydrogen-bond acceptors (Lipinski definition) is 2. The number of aliphatic hydroxyl groups is 1. The van der Waals surface area contributed by atoms with Crippen molar-refractivity contribution in [3.05, 3.63) is 11.8 Å². The first kappa shape index (κ1) is 7.50. The highest BCUT2D eigenvalue weighted by Crippen LogP contribution is 1.96. The van der Waals surface area contributed by atoms with E-state index in [2.05, 4.69) is 0 Å². The predicted octanol–water partition coefficient (Wildman–Crippen LogP) is 0.620. The second-order valence-electron chi connectivity index (χ2n) is 1.71. The monoisotopic (exact) mass is 115 g/mol. The van der Waals surface area contributed by atoms with Gasteiger partial charge in [0.15, 0.2) is 0 Å². The Morgan fingerprint density at radius 2 is 2.38 bits per heavy atom. The maximum absolute atomic E-state index is 8.93. The van der Waals surface area contributed by atoms with Crippen LogP contribution in [0.5, 0.6) is 0 Å². The summed E-state index contributed by atoms with van der Waals surface area (Å²) in [7, 11) is 0. The van der Waals surface area contributed by atoms with E-state index in [1.807, 2.05) is 13.8 Å². The van der Waals surface area contributed by atoms with Crippen LogP contribution in [0.25, 0.3) is 0 Å². The molecule has 0 saturated heterocycles. The molecule has 0 aliphatic heterocycles. The molecule has 0 aromatic rings. The van der Waals surface area contributed by atoms with Gasteiger partial charge in [0.2, 0.25) is 0 Å². The van der Waals surface area contributed by atoms with Crippen molar-refractivity contribution in [1.82, 2.24) is 0 Å². The van der Waals surface area contributed by atoms with Crippen molar-refractivity contribution in [2.75, 3.05) is 0 Å². The first-order chi connectivity index (χ1) is 3.72. The van der Waals surface area contributed by atoms with Crippen LogP contribution < -0.4 is 5.73 Å². The topological polar surface area (TPSA) is 46.2 Å². The summed E-state index contributed by atoms with van der Waals surface area (Å²) >= 11 is 0. The Labute approximate surface area is 50.0 Å². The van der Waals surface area contributed by atoms with Gasteiger partial charge in [-0.05, 0) is 13.3 Å². The third-order valence-electron chi connectivity index (χ3n) is 1.10. The summed E-state index contributed by atoms with van der Waals surface area (Å²) in [6.07, 6.45) is 1.96. The van der Waals surface area contributed by atoms with Gasteiger partial charge in [0, 0.05) is 5.70 Å². The molecular weight excluding hydrogens is 102 g/mol. The van der Waals surface area contributed by atoms with Crippen LogP contribution in [0.3, 0.4) is 0 Å². The lowest BCUT2D eigenvalue weighted by Gasteiger charge is -2.05. The SMILES string of the molecule is C/C=C(\N)C(O)CC. The van der Waals surface area contributed by atoms with Crippen molar-refractivity contribution < 1.29 is 5.11 Å². The van der Waals surface area contributed by atoms with Crippen LogP contribution in [-0.4, -0.2) is 11.2 Å². The number of aliphatic hydroxyl groups excluding tert-OH is 1. The average Bonchev–Trinajstić information content (AvgIpc) is 1.84. The molecule has 0 aliphatic carbocycles. The highest BCUT2D eigenvalue weighted by atomic mass is 16.3. The lowest BCUT2D eigenvalue weighted by molar-refractivity contribution is 0.205. The van der Waals surface area contributed by atoms with Gasteiger partial charge < -0.3 is 10.8 Å². The lowest BCUT2D eigenvalue weighted by Crippen LogP contribution is -2.15. The van der Waals surface area contributed by atoms with Gasteiger partial charge >= 0.3 is 0 Å². The first-order valence-electron chi connectivity index (χ1n) is 2.82. The van der Waals surface area contributed by atoms with Crippen LogP contribution in [0.1, 0.15) is 20.3 Å². The molecule has 0 aromatic heterocycles. The normalized spacial score (nSPS) is 16.1. The van der Waals surface area contributed by atoms with E-state index >= 15 is 0 Å². The summed E-state index contributed by atoms with van der Waals surface area (Å²) in [5.41, 5.74) is 5.90. The van der Waals surface area contributed by atoms with Crippen LogP contribution in [0.15, 0.2) is 11.8 Å². The fourth-order valence-electron chi connectivity index (χ4n) is 0.428. The standard InChI is InChI=1S/C6H13NO/c1-3-5(7)6(8)4-2/h3,6,8H,4,7H2,1-2H3/b5-3-. The maximum atomic E-state index is 8.93. The molecule has 0 saturated carbocycles. The number of allylic oxidation sites excluding steroid dienone is 1. The summed E-state index contributed by atoms with van der Waals surface area (Å²) in [4.78, 5) is 0. The zero-order valence-corrected chi connectivity index (χ0v) is 5.39. The van der Waals surface area contributed by atoms with Crippen LogP contribution >= 0.6 is 0 Å². The van der Waals surface area contributed by atoms with E-state index in [0.29, 0.717) is 12.1 Å². The molecule has 0 aromatic carbocycles. The Morgan fingerprint density at radius 3 is 2.50 bits per heavy atom. The van der Waals surface area contributed by atoms with E-state index < -0.39 is 6.10 Å². The summed E-state index contributed by atoms with van der Waals surface area (Å²) in [5, 5.41) is 8.93. The van der Waals surface area contributed by atoms with Gasteiger partial charge in [-0.1, -0.05) is 13.0 Å². The predicted molar refractivity (Wildman–Crippen MR) is 34.2 cm³/mol. The smallest absolute Gasteiger partial charge is 0.0926 e. The molecule has 1 unspecified atom stereocenters. The summed E-state index contributed by atoms with van der Waals surface area (Å²) in [6, 6.07) is 0. The van der Waals surface area contributed by atoms with Gasteiger partial charge in [-0.15, -0.1) is 0 Å². The minimum absolute atomic E-state index is 0.444. The van der Waals surface area contributed by atoms with Gasteiger partial charge in [-0.3, -0.25) is 0 Å². The fourth-order valence-corrected chi connectivity index (χ4v) is 0.428. The molecule has 2 heteroatoms. The van der Waals surface area contributed by atoms with Crippen molar-refractivity contribution in [1.29, 1.82) is 0 Å². The first-order valence-corrected chi connectivity index (χ1v) is 2.82. The van der Waals surface area contributed by atoms with Gasteiger partial charge in [0.05, 0.1) is 6.10 Å². The van der Waals surface area contributed by atoms with Gasteiger partial charge in [-0.25, -0.2) is 0 Å². The van der Waals surface area contributed by atoms with E-state index in [0.717, 1.165) is 0 Å². The summed E-state index contributed by atoms with van der Waals surface area (Å²) in [5.74, 6) is 0. The van der Waals surface area contributed by atoms with Crippen molar-refractivity contribution in [3.63, 3.8) is 0 Å². The molecular formula is C6H13NO. The van der Waals surface area contributed by atoms with E-state index in [-0.39, 0.29) is 0 Å². The molecule has 3 N–H and O–H groups in total. The average molecular weight is 115 g/mol. The molecule has 0 bridgehead atoms. The molecule has 0 aliphatic rings. The molecule has 0 fully saturated rings. The maximum Gasteiger partial charge on any atom is 0.0926 e.